The van der Waals surface area contributed by atoms with Crippen LogP contribution in [-0.4, -0.2) is 14.8 Å². The molecule has 0 spiro atoms. The van der Waals surface area contributed by atoms with E-state index in [9.17, 15) is 0 Å². The van der Waals surface area contributed by atoms with Crippen LogP contribution in [0.2, 0.25) is 0 Å². The second kappa shape index (κ2) is 5.36. The third-order valence-corrected chi connectivity index (χ3v) is 4.11. The van der Waals surface area contributed by atoms with Crippen LogP contribution >= 0.6 is 0 Å². The zero-order valence-corrected chi connectivity index (χ0v) is 13.2. The van der Waals surface area contributed by atoms with E-state index in [-0.39, 0.29) is 0 Å². The van der Waals surface area contributed by atoms with E-state index in [1.165, 1.54) is 16.7 Å². The average molecular weight is 299 g/mol. The first-order valence-corrected chi connectivity index (χ1v) is 7.71. The van der Waals surface area contributed by atoms with Gasteiger partial charge in [0.05, 0.1) is 16.8 Å². The second-order valence-electron chi connectivity index (χ2n) is 5.76. The number of aromatic nitrogens is 3. The molecule has 0 radical (unpaired) electrons. The van der Waals surface area contributed by atoms with Crippen molar-refractivity contribution >= 4 is 11.0 Å². The molecule has 0 aliphatic rings. The Morgan fingerprint density at radius 3 is 2.30 bits per heavy atom. The van der Waals surface area contributed by atoms with Crippen LogP contribution in [0.25, 0.3) is 27.8 Å². The minimum Gasteiger partial charge on any atom is -0.236 e. The zero-order valence-electron chi connectivity index (χ0n) is 13.2. The molecule has 0 aliphatic heterocycles. The Balaban J connectivity index is 1.98. The quantitative estimate of drug-likeness (QED) is 0.537. The molecule has 2 aromatic heterocycles. The minimum atomic E-state index is 0.896. The topological polar surface area (TPSA) is 30.7 Å². The molecular weight excluding hydrogens is 282 g/mol. The van der Waals surface area contributed by atoms with Gasteiger partial charge in [-0.25, -0.2) is 9.67 Å². The average Bonchev–Trinajstić information content (AvgIpc) is 2.94. The fourth-order valence-corrected chi connectivity index (χ4v) is 2.94. The standard InChI is InChI=1S/C20H17N3/c1-14-8-10-17(11-9-14)23-20-19(15(2)22-23)18(12-13-21-20)16-6-4-3-5-7-16/h3-13H,1-2H3. The van der Waals surface area contributed by atoms with E-state index >= 15 is 0 Å². The molecule has 23 heavy (non-hydrogen) atoms. The molecule has 0 amide bonds. The molecule has 3 nitrogen and oxygen atoms in total. The smallest absolute Gasteiger partial charge is 0.163 e. The van der Waals surface area contributed by atoms with E-state index in [0.717, 1.165) is 22.4 Å². The maximum atomic E-state index is 4.73. The van der Waals surface area contributed by atoms with Crippen LogP contribution in [-0.2, 0) is 0 Å². The largest absolute Gasteiger partial charge is 0.236 e. The Morgan fingerprint density at radius 1 is 0.826 bits per heavy atom. The van der Waals surface area contributed by atoms with Gasteiger partial charge in [-0.3, -0.25) is 0 Å². The van der Waals surface area contributed by atoms with Gasteiger partial charge in [0.25, 0.3) is 0 Å². The molecule has 0 unspecified atom stereocenters. The Hall–Kier alpha value is -2.94. The summed E-state index contributed by atoms with van der Waals surface area (Å²) >= 11 is 0. The number of benzene rings is 2. The molecular formula is C20H17N3. The third kappa shape index (κ3) is 2.30. The summed E-state index contributed by atoms with van der Waals surface area (Å²) in [5.41, 5.74) is 6.52. The van der Waals surface area contributed by atoms with Gasteiger partial charge >= 0.3 is 0 Å². The van der Waals surface area contributed by atoms with Gasteiger partial charge in [0.15, 0.2) is 5.65 Å². The first-order valence-electron chi connectivity index (χ1n) is 7.71. The van der Waals surface area contributed by atoms with Gasteiger partial charge in [0, 0.05) is 6.20 Å². The Bertz CT molecular complexity index is 967. The third-order valence-electron chi connectivity index (χ3n) is 4.11. The summed E-state index contributed by atoms with van der Waals surface area (Å²) in [4.78, 5) is 4.59. The number of aryl methyl sites for hydroxylation is 2. The van der Waals surface area contributed by atoms with E-state index in [0.29, 0.717) is 0 Å². The zero-order chi connectivity index (χ0) is 15.8. The minimum absolute atomic E-state index is 0.896. The van der Waals surface area contributed by atoms with Crippen LogP contribution in [0.3, 0.4) is 0 Å². The lowest BCUT2D eigenvalue weighted by atomic mass is 10.0. The van der Waals surface area contributed by atoms with Gasteiger partial charge in [0.1, 0.15) is 0 Å². The Labute approximate surface area is 135 Å². The van der Waals surface area contributed by atoms with Gasteiger partial charge in [-0.1, -0.05) is 48.0 Å². The predicted molar refractivity (Wildman–Crippen MR) is 93.8 cm³/mol. The normalized spacial score (nSPS) is 11.0. The van der Waals surface area contributed by atoms with Gasteiger partial charge in [-0.2, -0.15) is 5.10 Å². The predicted octanol–water partition coefficient (Wildman–Crippen LogP) is 4.70. The highest BCUT2D eigenvalue weighted by atomic mass is 15.3. The van der Waals surface area contributed by atoms with Gasteiger partial charge in [-0.05, 0) is 43.2 Å². The summed E-state index contributed by atoms with van der Waals surface area (Å²) in [7, 11) is 0. The van der Waals surface area contributed by atoms with E-state index in [1.54, 1.807) is 0 Å². The maximum absolute atomic E-state index is 4.73. The molecule has 0 atom stereocenters. The molecule has 0 aliphatic carbocycles. The molecule has 0 N–H and O–H groups in total. The van der Waals surface area contributed by atoms with Crippen LogP contribution in [0.1, 0.15) is 11.3 Å². The lowest BCUT2D eigenvalue weighted by Crippen LogP contribution is -1.97. The van der Waals surface area contributed by atoms with Crippen LogP contribution in [0.4, 0.5) is 0 Å². The number of hydrogen-bond donors (Lipinski definition) is 0. The highest BCUT2D eigenvalue weighted by molar-refractivity contribution is 5.95. The SMILES string of the molecule is Cc1ccc(-n2nc(C)c3c(-c4ccccc4)ccnc32)cc1. The van der Waals surface area contributed by atoms with Crippen molar-refractivity contribution in [2.24, 2.45) is 0 Å². The summed E-state index contributed by atoms with van der Waals surface area (Å²) < 4.78 is 1.93. The van der Waals surface area contributed by atoms with Gasteiger partial charge in [0.2, 0.25) is 0 Å². The number of pyridine rings is 1. The molecule has 4 rings (SSSR count). The molecule has 0 saturated carbocycles. The monoisotopic (exact) mass is 299 g/mol. The van der Waals surface area contributed by atoms with Crippen molar-refractivity contribution in [1.29, 1.82) is 0 Å². The van der Waals surface area contributed by atoms with Crippen molar-refractivity contribution in [2.45, 2.75) is 13.8 Å². The fourth-order valence-electron chi connectivity index (χ4n) is 2.94. The summed E-state index contributed by atoms with van der Waals surface area (Å²) in [5.74, 6) is 0. The van der Waals surface area contributed by atoms with Crippen molar-refractivity contribution in [2.75, 3.05) is 0 Å². The molecule has 112 valence electrons. The highest BCUT2D eigenvalue weighted by Crippen LogP contribution is 2.30. The lowest BCUT2D eigenvalue weighted by Gasteiger charge is -2.05. The number of hydrogen-bond acceptors (Lipinski definition) is 2. The molecule has 3 heteroatoms. The highest BCUT2D eigenvalue weighted by Gasteiger charge is 2.14. The van der Waals surface area contributed by atoms with Crippen molar-refractivity contribution in [3.05, 3.63) is 78.1 Å². The summed E-state index contributed by atoms with van der Waals surface area (Å²) in [6, 6.07) is 20.8. The van der Waals surface area contributed by atoms with E-state index in [4.69, 9.17) is 5.10 Å². The fraction of sp³-hybridized carbons (Fsp3) is 0.100. The van der Waals surface area contributed by atoms with Crippen LogP contribution < -0.4 is 0 Å². The maximum Gasteiger partial charge on any atom is 0.163 e. The molecule has 2 heterocycles. The van der Waals surface area contributed by atoms with Crippen molar-refractivity contribution < 1.29 is 0 Å². The van der Waals surface area contributed by atoms with Crippen molar-refractivity contribution in [3.8, 4) is 16.8 Å². The molecule has 0 bridgehead atoms. The van der Waals surface area contributed by atoms with Crippen LogP contribution in [0.15, 0.2) is 66.9 Å². The van der Waals surface area contributed by atoms with Gasteiger partial charge in [-0.15, -0.1) is 0 Å². The van der Waals surface area contributed by atoms with Crippen molar-refractivity contribution in [1.82, 2.24) is 14.8 Å². The Morgan fingerprint density at radius 2 is 1.57 bits per heavy atom. The molecule has 0 fully saturated rings. The summed E-state index contributed by atoms with van der Waals surface area (Å²) in [6.45, 7) is 4.13. The number of rotatable bonds is 2. The Kier molecular flexibility index (Phi) is 3.19. The molecule has 4 aromatic rings. The summed E-state index contributed by atoms with van der Waals surface area (Å²) in [6.07, 6.45) is 1.86. The van der Waals surface area contributed by atoms with E-state index < -0.39 is 0 Å². The van der Waals surface area contributed by atoms with Crippen LogP contribution in [0.5, 0.6) is 0 Å². The van der Waals surface area contributed by atoms with Crippen LogP contribution in [0, 0.1) is 13.8 Å². The molecule has 0 saturated heterocycles. The van der Waals surface area contributed by atoms with Gasteiger partial charge < -0.3 is 0 Å². The molecule has 2 aromatic carbocycles. The van der Waals surface area contributed by atoms with E-state index in [1.807, 2.05) is 23.9 Å². The number of fused-ring (bicyclic) bond motifs is 1. The first-order chi connectivity index (χ1) is 11.2. The lowest BCUT2D eigenvalue weighted by molar-refractivity contribution is 0.877. The number of nitrogens with zero attached hydrogens (tertiary/aromatic N) is 3. The van der Waals surface area contributed by atoms with Crippen molar-refractivity contribution in [3.63, 3.8) is 0 Å². The second-order valence-corrected chi connectivity index (χ2v) is 5.76. The first kappa shape index (κ1) is 13.7. The summed E-state index contributed by atoms with van der Waals surface area (Å²) in [5, 5.41) is 5.84. The van der Waals surface area contributed by atoms with E-state index in [2.05, 4.69) is 66.5 Å².